The Morgan fingerprint density at radius 2 is 2.12 bits per heavy atom. The molecule has 3 heteroatoms. The number of rotatable bonds is 2. The lowest BCUT2D eigenvalue weighted by atomic mass is 9.89. The highest BCUT2D eigenvalue weighted by Gasteiger charge is 2.16. The van der Waals surface area contributed by atoms with Crippen molar-refractivity contribution in [3.63, 3.8) is 0 Å². The van der Waals surface area contributed by atoms with Gasteiger partial charge in [0, 0.05) is 11.1 Å². The number of aryl methyl sites for hydroxylation is 1. The van der Waals surface area contributed by atoms with E-state index in [1.807, 2.05) is 0 Å². The summed E-state index contributed by atoms with van der Waals surface area (Å²) in [5.74, 6) is 0.830. The minimum Gasteiger partial charge on any atom is -0.317 e. The van der Waals surface area contributed by atoms with Crippen LogP contribution in [0.5, 0.6) is 0 Å². The zero-order chi connectivity index (χ0) is 11.7. The monoisotopic (exact) mass is 229 g/mol. The van der Waals surface area contributed by atoms with E-state index in [0.29, 0.717) is 0 Å². The van der Waals surface area contributed by atoms with E-state index in [2.05, 4.69) is 40.6 Å². The van der Waals surface area contributed by atoms with Gasteiger partial charge < -0.3 is 5.32 Å². The lowest BCUT2D eigenvalue weighted by Gasteiger charge is -2.22. The van der Waals surface area contributed by atoms with E-state index in [4.69, 9.17) is 0 Å². The molecule has 2 N–H and O–H groups in total. The Morgan fingerprint density at radius 3 is 2.94 bits per heavy atom. The molecule has 2 aromatic rings. The van der Waals surface area contributed by atoms with Crippen molar-refractivity contribution in [3.8, 4) is 0 Å². The van der Waals surface area contributed by atoms with Gasteiger partial charge in [-0.1, -0.05) is 12.1 Å². The predicted octanol–water partition coefficient (Wildman–Crippen LogP) is 2.41. The van der Waals surface area contributed by atoms with Crippen molar-refractivity contribution < 1.29 is 0 Å². The van der Waals surface area contributed by atoms with Crippen LogP contribution in [0.4, 0.5) is 0 Å². The molecule has 1 aliphatic heterocycles. The number of H-pyrrole nitrogens is 1. The standard InChI is InChI=1S/C14H19N3/c1-10-14-12(3-2-4-13(14)17-16-10)9-11-5-7-15-8-6-11/h2-4,11,15H,5-9H2,1H3,(H,16,17). The summed E-state index contributed by atoms with van der Waals surface area (Å²) in [7, 11) is 0. The number of aromatic nitrogens is 2. The van der Waals surface area contributed by atoms with E-state index in [1.165, 1.54) is 49.0 Å². The number of benzene rings is 1. The summed E-state index contributed by atoms with van der Waals surface area (Å²) in [6, 6.07) is 6.47. The van der Waals surface area contributed by atoms with E-state index in [9.17, 15) is 0 Å². The second-order valence-electron chi connectivity index (χ2n) is 5.06. The second-order valence-corrected chi connectivity index (χ2v) is 5.06. The van der Waals surface area contributed by atoms with E-state index >= 15 is 0 Å². The number of nitrogens with zero attached hydrogens (tertiary/aromatic N) is 1. The molecule has 17 heavy (non-hydrogen) atoms. The van der Waals surface area contributed by atoms with Gasteiger partial charge in [-0.15, -0.1) is 0 Å². The van der Waals surface area contributed by atoms with Gasteiger partial charge >= 0.3 is 0 Å². The van der Waals surface area contributed by atoms with Gasteiger partial charge in [-0.3, -0.25) is 5.10 Å². The van der Waals surface area contributed by atoms with E-state index in [0.717, 1.165) is 11.4 Å². The topological polar surface area (TPSA) is 40.7 Å². The van der Waals surface area contributed by atoms with Gasteiger partial charge in [0.15, 0.2) is 0 Å². The molecule has 0 aliphatic carbocycles. The highest BCUT2D eigenvalue weighted by atomic mass is 15.1. The van der Waals surface area contributed by atoms with Crippen LogP contribution in [0, 0.1) is 12.8 Å². The van der Waals surface area contributed by atoms with Crippen molar-refractivity contribution in [3.05, 3.63) is 29.5 Å². The minimum atomic E-state index is 0.830. The quantitative estimate of drug-likeness (QED) is 0.830. The molecule has 0 radical (unpaired) electrons. The van der Waals surface area contributed by atoms with E-state index in [1.54, 1.807) is 0 Å². The first kappa shape index (κ1) is 10.8. The molecular weight excluding hydrogens is 210 g/mol. The minimum absolute atomic E-state index is 0.830. The largest absolute Gasteiger partial charge is 0.317 e. The van der Waals surface area contributed by atoms with Crippen LogP contribution >= 0.6 is 0 Å². The molecule has 0 spiro atoms. The molecule has 3 nitrogen and oxygen atoms in total. The second kappa shape index (κ2) is 4.49. The lowest BCUT2D eigenvalue weighted by molar-refractivity contribution is 0.373. The van der Waals surface area contributed by atoms with Gasteiger partial charge in [-0.25, -0.2) is 0 Å². The first-order valence-electron chi connectivity index (χ1n) is 6.48. The molecule has 90 valence electrons. The maximum atomic E-state index is 4.33. The normalized spacial score (nSPS) is 17.7. The van der Waals surface area contributed by atoms with E-state index in [-0.39, 0.29) is 0 Å². The summed E-state index contributed by atoms with van der Waals surface area (Å²) in [6.07, 6.45) is 3.79. The first-order chi connectivity index (χ1) is 8.34. The zero-order valence-corrected chi connectivity index (χ0v) is 10.3. The Labute approximate surface area is 102 Å². The number of hydrogen-bond acceptors (Lipinski definition) is 2. The summed E-state index contributed by atoms with van der Waals surface area (Å²) in [6.45, 7) is 4.46. The number of fused-ring (bicyclic) bond motifs is 1. The van der Waals surface area contributed by atoms with Crippen LogP contribution in [0.1, 0.15) is 24.1 Å². The molecule has 0 amide bonds. The highest BCUT2D eigenvalue weighted by Crippen LogP contribution is 2.25. The zero-order valence-electron chi connectivity index (χ0n) is 10.3. The number of hydrogen-bond donors (Lipinski definition) is 2. The van der Waals surface area contributed by atoms with E-state index < -0.39 is 0 Å². The van der Waals surface area contributed by atoms with Crippen LogP contribution in [-0.4, -0.2) is 23.3 Å². The molecular formula is C14H19N3. The highest BCUT2D eigenvalue weighted by molar-refractivity contribution is 5.84. The molecule has 0 saturated carbocycles. The van der Waals surface area contributed by atoms with Crippen LogP contribution < -0.4 is 5.32 Å². The Hall–Kier alpha value is -1.35. The van der Waals surface area contributed by atoms with Crippen molar-refractivity contribution in [1.82, 2.24) is 15.5 Å². The summed E-state index contributed by atoms with van der Waals surface area (Å²) in [5, 5.41) is 12.2. The molecule has 3 rings (SSSR count). The molecule has 0 bridgehead atoms. The summed E-state index contributed by atoms with van der Waals surface area (Å²) in [4.78, 5) is 0. The van der Waals surface area contributed by atoms with Gasteiger partial charge in [-0.05, 0) is 56.8 Å². The molecule has 1 saturated heterocycles. The smallest absolute Gasteiger partial charge is 0.0926 e. The fraction of sp³-hybridized carbons (Fsp3) is 0.500. The van der Waals surface area contributed by atoms with Crippen molar-refractivity contribution >= 4 is 10.9 Å². The third kappa shape index (κ3) is 2.07. The molecule has 2 heterocycles. The Balaban J connectivity index is 1.91. The van der Waals surface area contributed by atoms with Crippen molar-refractivity contribution in [2.75, 3.05) is 13.1 Å². The van der Waals surface area contributed by atoms with Gasteiger partial charge in [0.1, 0.15) is 0 Å². The van der Waals surface area contributed by atoms with Crippen LogP contribution in [0.3, 0.4) is 0 Å². The molecule has 1 fully saturated rings. The van der Waals surface area contributed by atoms with Crippen LogP contribution in [0.15, 0.2) is 18.2 Å². The predicted molar refractivity (Wildman–Crippen MR) is 70.1 cm³/mol. The van der Waals surface area contributed by atoms with Crippen molar-refractivity contribution in [2.45, 2.75) is 26.2 Å². The van der Waals surface area contributed by atoms with Gasteiger partial charge in [0.2, 0.25) is 0 Å². The third-order valence-electron chi connectivity index (χ3n) is 3.82. The van der Waals surface area contributed by atoms with Gasteiger partial charge in [-0.2, -0.15) is 5.10 Å². The average Bonchev–Trinajstić information content (AvgIpc) is 2.74. The van der Waals surface area contributed by atoms with Gasteiger partial charge in [0.05, 0.1) is 5.52 Å². The van der Waals surface area contributed by atoms with Crippen LogP contribution in [0.2, 0.25) is 0 Å². The van der Waals surface area contributed by atoms with Crippen molar-refractivity contribution in [1.29, 1.82) is 0 Å². The average molecular weight is 229 g/mol. The summed E-state index contributed by atoms with van der Waals surface area (Å²) >= 11 is 0. The fourth-order valence-corrected chi connectivity index (χ4v) is 2.88. The Kier molecular flexibility index (Phi) is 2.85. The molecule has 0 atom stereocenters. The number of aromatic amines is 1. The maximum Gasteiger partial charge on any atom is 0.0926 e. The molecule has 1 aliphatic rings. The summed E-state index contributed by atoms with van der Waals surface area (Å²) < 4.78 is 0. The Bertz CT molecular complexity index is 509. The summed E-state index contributed by atoms with van der Waals surface area (Å²) in [5.41, 5.74) is 3.76. The molecule has 1 aromatic heterocycles. The third-order valence-corrected chi connectivity index (χ3v) is 3.82. The number of nitrogens with one attached hydrogen (secondary N) is 2. The molecule has 0 unspecified atom stereocenters. The lowest BCUT2D eigenvalue weighted by Crippen LogP contribution is -2.28. The number of piperidine rings is 1. The van der Waals surface area contributed by atoms with Crippen molar-refractivity contribution in [2.24, 2.45) is 5.92 Å². The van der Waals surface area contributed by atoms with Crippen LogP contribution in [-0.2, 0) is 6.42 Å². The SMILES string of the molecule is Cc1[nH]nc2cccc(CC3CCNCC3)c12. The first-order valence-corrected chi connectivity index (χ1v) is 6.48. The van der Waals surface area contributed by atoms with Crippen LogP contribution in [0.25, 0.3) is 10.9 Å². The molecule has 1 aromatic carbocycles. The maximum absolute atomic E-state index is 4.33. The fourth-order valence-electron chi connectivity index (χ4n) is 2.88. The Morgan fingerprint density at radius 1 is 1.29 bits per heavy atom. The van der Waals surface area contributed by atoms with Gasteiger partial charge in [0.25, 0.3) is 0 Å².